The van der Waals surface area contributed by atoms with Crippen molar-refractivity contribution in [2.45, 2.75) is 24.3 Å². The maximum absolute atomic E-state index is 10.8. The average molecular weight is 298 g/mol. The Morgan fingerprint density at radius 3 is 2.76 bits per heavy atom. The van der Waals surface area contributed by atoms with Crippen molar-refractivity contribution < 1.29 is 15.0 Å². The quantitative estimate of drug-likeness (QED) is 0.816. The average Bonchev–Trinajstić information content (AvgIpc) is 2.34. The number of alkyl halides is 1. The first-order valence-corrected chi connectivity index (χ1v) is 6.18. The summed E-state index contributed by atoms with van der Waals surface area (Å²) in [5, 5.41) is 27.6. The topological polar surface area (TPSA) is 81.3 Å². The molecule has 0 aliphatic heterocycles. The fourth-order valence-corrected chi connectivity index (χ4v) is 2.18. The van der Waals surface area contributed by atoms with Crippen LogP contribution in [-0.4, -0.2) is 16.2 Å². The van der Waals surface area contributed by atoms with Crippen molar-refractivity contribution in [1.82, 2.24) is 0 Å². The molecule has 2 N–H and O–H groups in total. The van der Waals surface area contributed by atoms with Gasteiger partial charge in [-0.05, 0) is 23.1 Å². The lowest BCUT2D eigenvalue weighted by Crippen LogP contribution is -2.13. The summed E-state index contributed by atoms with van der Waals surface area (Å²) in [5.74, 6) is -1.28. The zero-order valence-corrected chi connectivity index (χ0v) is 10.6. The molecular formula is C12H12BrNO3. The predicted molar refractivity (Wildman–Crippen MR) is 65.6 cm³/mol. The van der Waals surface area contributed by atoms with Crippen molar-refractivity contribution in [1.29, 1.82) is 5.26 Å². The molecule has 0 aliphatic rings. The molecule has 17 heavy (non-hydrogen) atoms. The first-order valence-electron chi connectivity index (χ1n) is 5.06. The van der Waals surface area contributed by atoms with Crippen molar-refractivity contribution in [3.63, 3.8) is 0 Å². The maximum atomic E-state index is 10.8. The van der Waals surface area contributed by atoms with Crippen LogP contribution < -0.4 is 0 Å². The number of aliphatic hydroxyl groups excluding tert-OH is 1. The summed E-state index contributed by atoms with van der Waals surface area (Å²) < 4.78 is 0. The first kappa shape index (κ1) is 13.7. The molecule has 5 heteroatoms. The Bertz CT molecular complexity index is 454. The van der Waals surface area contributed by atoms with E-state index in [2.05, 4.69) is 15.9 Å². The third-order valence-corrected chi connectivity index (χ3v) is 3.07. The van der Waals surface area contributed by atoms with E-state index in [1.54, 1.807) is 12.1 Å². The highest BCUT2D eigenvalue weighted by atomic mass is 79.9. The van der Waals surface area contributed by atoms with Crippen LogP contribution in [0.2, 0.25) is 0 Å². The van der Waals surface area contributed by atoms with E-state index in [1.165, 1.54) is 0 Å². The molecule has 0 heterocycles. The van der Waals surface area contributed by atoms with Gasteiger partial charge in [0, 0.05) is 11.8 Å². The van der Waals surface area contributed by atoms with Gasteiger partial charge in [0.1, 0.15) is 0 Å². The van der Waals surface area contributed by atoms with Gasteiger partial charge in [-0.15, -0.1) is 0 Å². The predicted octanol–water partition coefficient (Wildman–Crippen LogP) is 2.16. The highest BCUT2D eigenvalue weighted by Crippen LogP contribution is 2.25. The molecule has 0 bridgehead atoms. The number of carbonyl (C=O) groups is 1. The fourth-order valence-electron chi connectivity index (χ4n) is 1.65. The maximum Gasteiger partial charge on any atom is 0.337 e. The third kappa shape index (κ3) is 3.29. The summed E-state index contributed by atoms with van der Waals surface area (Å²) in [4.78, 5) is 10.8. The molecule has 1 aromatic carbocycles. The Morgan fingerprint density at radius 1 is 1.53 bits per heavy atom. The molecule has 0 aliphatic carbocycles. The number of carboxylic acids is 1. The summed E-state index contributed by atoms with van der Waals surface area (Å²) in [5.41, 5.74) is 2.00. The number of rotatable bonds is 5. The van der Waals surface area contributed by atoms with Crippen molar-refractivity contribution >= 4 is 21.9 Å². The minimum absolute atomic E-state index is 0.295. The van der Waals surface area contributed by atoms with Gasteiger partial charge in [0.05, 0.1) is 6.07 Å². The number of nitrogens with zero attached hydrogens (tertiary/aromatic N) is 1. The van der Waals surface area contributed by atoms with Crippen LogP contribution in [0.1, 0.15) is 29.2 Å². The lowest BCUT2D eigenvalue weighted by Gasteiger charge is -2.14. The van der Waals surface area contributed by atoms with Crippen molar-refractivity contribution in [2.24, 2.45) is 0 Å². The first-order chi connectivity index (χ1) is 8.11. The normalized spacial score (nSPS) is 11.8. The monoisotopic (exact) mass is 297 g/mol. The number of hydrogen-bond acceptors (Lipinski definition) is 3. The zero-order valence-electron chi connectivity index (χ0n) is 9.06. The van der Waals surface area contributed by atoms with Gasteiger partial charge in [0.25, 0.3) is 0 Å². The van der Waals surface area contributed by atoms with Crippen LogP contribution >= 0.6 is 15.9 Å². The summed E-state index contributed by atoms with van der Waals surface area (Å²) in [7, 11) is 0. The minimum Gasteiger partial charge on any atom is -0.479 e. The number of halogens is 1. The Hall–Kier alpha value is -1.38. The zero-order chi connectivity index (χ0) is 12.8. The fraction of sp³-hybridized carbons (Fsp3) is 0.333. The van der Waals surface area contributed by atoms with Crippen LogP contribution in [0, 0.1) is 11.3 Å². The number of aliphatic hydroxyl groups is 1. The van der Waals surface area contributed by atoms with Gasteiger partial charge < -0.3 is 10.2 Å². The Labute approximate surface area is 108 Å². The van der Waals surface area contributed by atoms with Crippen LogP contribution in [0.25, 0.3) is 0 Å². The summed E-state index contributed by atoms with van der Waals surface area (Å²) in [6, 6.07) is 7.15. The third-order valence-electron chi connectivity index (χ3n) is 2.47. The second kappa shape index (κ2) is 6.38. The van der Waals surface area contributed by atoms with Crippen LogP contribution in [-0.2, 0) is 16.5 Å². The molecule has 0 saturated carbocycles. The second-order valence-corrected chi connectivity index (χ2v) is 4.08. The van der Waals surface area contributed by atoms with Crippen LogP contribution in [0.5, 0.6) is 0 Å². The van der Waals surface area contributed by atoms with E-state index in [0.717, 1.165) is 11.1 Å². The second-order valence-electron chi connectivity index (χ2n) is 3.52. The minimum atomic E-state index is -1.54. The lowest BCUT2D eigenvalue weighted by molar-refractivity contribution is -0.147. The number of nitriles is 1. The van der Waals surface area contributed by atoms with Gasteiger partial charge in [0.15, 0.2) is 6.10 Å². The van der Waals surface area contributed by atoms with Gasteiger partial charge in [0.2, 0.25) is 0 Å². The van der Waals surface area contributed by atoms with Gasteiger partial charge in [-0.25, -0.2) is 4.79 Å². The lowest BCUT2D eigenvalue weighted by atomic mass is 9.94. The van der Waals surface area contributed by atoms with Gasteiger partial charge in [-0.1, -0.05) is 34.1 Å². The highest BCUT2D eigenvalue weighted by Gasteiger charge is 2.20. The molecular weight excluding hydrogens is 286 g/mol. The molecule has 4 nitrogen and oxygen atoms in total. The number of carboxylic acid groups (broad SMARTS) is 1. The molecule has 0 fully saturated rings. The van der Waals surface area contributed by atoms with Crippen molar-refractivity contribution in [3.05, 3.63) is 34.9 Å². The number of benzene rings is 1. The molecule has 1 aromatic rings. The van der Waals surface area contributed by atoms with Gasteiger partial charge >= 0.3 is 5.97 Å². The van der Waals surface area contributed by atoms with E-state index in [-0.39, 0.29) is 0 Å². The smallest absolute Gasteiger partial charge is 0.337 e. The van der Waals surface area contributed by atoms with Crippen LogP contribution in [0.4, 0.5) is 0 Å². The van der Waals surface area contributed by atoms with E-state index in [9.17, 15) is 9.90 Å². The van der Waals surface area contributed by atoms with Gasteiger partial charge in [-0.3, -0.25) is 0 Å². The largest absolute Gasteiger partial charge is 0.479 e. The van der Waals surface area contributed by atoms with Crippen LogP contribution in [0.3, 0.4) is 0 Å². The molecule has 1 rings (SSSR count). The molecule has 0 aromatic heterocycles. The standard InChI is InChI=1S/C12H12BrNO3/c13-7-8-3-1-4-10(11(15)12(16)17)9(8)5-2-6-14/h1,3-4,11,15H,2,5,7H2,(H,16,17). The van der Waals surface area contributed by atoms with E-state index in [4.69, 9.17) is 10.4 Å². The molecule has 0 saturated heterocycles. The Morgan fingerprint density at radius 2 is 2.24 bits per heavy atom. The van der Waals surface area contributed by atoms with E-state index >= 15 is 0 Å². The Balaban J connectivity index is 3.19. The van der Waals surface area contributed by atoms with Gasteiger partial charge in [-0.2, -0.15) is 5.26 Å². The summed E-state index contributed by atoms with van der Waals surface area (Å²) in [6.07, 6.45) is -0.802. The molecule has 0 radical (unpaired) electrons. The molecule has 0 spiro atoms. The van der Waals surface area contributed by atoms with E-state index < -0.39 is 12.1 Å². The molecule has 0 amide bonds. The summed E-state index contributed by atoms with van der Waals surface area (Å²) in [6.45, 7) is 0. The Kier molecular flexibility index (Phi) is 5.13. The number of aliphatic carboxylic acids is 1. The van der Waals surface area contributed by atoms with Crippen molar-refractivity contribution in [3.8, 4) is 6.07 Å². The molecule has 1 atom stereocenters. The molecule has 90 valence electrons. The van der Waals surface area contributed by atoms with E-state index in [1.807, 2.05) is 12.1 Å². The van der Waals surface area contributed by atoms with Crippen LogP contribution in [0.15, 0.2) is 18.2 Å². The SMILES string of the molecule is N#CCCc1c(CBr)cccc1C(O)C(=O)O. The summed E-state index contributed by atoms with van der Waals surface area (Å²) >= 11 is 3.31. The number of hydrogen-bond donors (Lipinski definition) is 2. The molecule has 1 unspecified atom stereocenters. The van der Waals surface area contributed by atoms with Crippen molar-refractivity contribution in [2.75, 3.05) is 0 Å². The van der Waals surface area contributed by atoms with E-state index in [0.29, 0.717) is 23.7 Å². The highest BCUT2D eigenvalue weighted by molar-refractivity contribution is 9.08.